The van der Waals surface area contributed by atoms with Gasteiger partial charge in [-0.3, -0.25) is 9.88 Å². The number of pyridine rings is 1. The average molecular weight is 387 g/mol. The highest BCUT2D eigenvalue weighted by molar-refractivity contribution is 7.97. The second-order valence-corrected chi connectivity index (χ2v) is 8.91. The zero-order valence-corrected chi connectivity index (χ0v) is 15.7. The molecule has 0 aromatic carbocycles. The Labute approximate surface area is 156 Å². The Bertz CT molecular complexity index is 658. The zero-order chi connectivity index (χ0) is 18.4. The first-order valence-corrected chi connectivity index (χ1v) is 9.91. The number of nitrogens with zero attached hydrogens (tertiary/aromatic N) is 3. The van der Waals surface area contributed by atoms with Crippen molar-refractivity contribution in [2.45, 2.75) is 43.3 Å². The Balaban J connectivity index is 1.31. The van der Waals surface area contributed by atoms with Crippen LogP contribution in [0.15, 0.2) is 17.2 Å². The molecule has 1 spiro atoms. The van der Waals surface area contributed by atoms with Crippen LogP contribution in [0.1, 0.15) is 30.5 Å². The lowest BCUT2D eigenvalue weighted by molar-refractivity contribution is -0.141. The van der Waals surface area contributed by atoms with Gasteiger partial charge in [0.25, 0.3) is 0 Å². The fourth-order valence-corrected chi connectivity index (χ4v) is 5.68. The van der Waals surface area contributed by atoms with Crippen molar-refractivity contribution in [2.24, 2.45) is 5.41 Å². The van der Waals surface area contributed by atoms with E-state index in [-0.39, 0.29) is 0 Å². The Morgan fingerprint density at radius 2 is 2.00 bits per heavy atom. The van der Waals surface area contributed by atoms with Crippen LogP contribution in [-0.4, -0.2) is 59.6 Å². The van der Waals surface area contributed by atoms with Crippen molar-refractivity contribution in [3.63, 3.8) is 0 Å². The van der Waals surface area contributed by atoms with Gasteiger partial charge >= 0.3 is 6.18 Å². The van der Waals surface area contributed by atoms with Gasteiger partial charge in [-0.15, -0.1) is 0 Å². The number of hydrogen-bond acceptors (Lipinski definition) is 5. The number of hydrogen-bond donors (Lipinski definition) is 0. The third kappa shape index (κ3) is 3.74. The minimum absolute atomic E-state index is 0.392. The molecule has 1 unspecified atom stereocenters. The van der Waals surface area contributed by atoms with Crippen LogP contribution in [0.2, 0.25) is 0 Å². The van der Waals surface area contributed by atoms with E-state index in [2.05, 4.69) is 14.2 Å². The van der Waals surface area contributed by atoms with Crippen LogP contribution in [0, 0.1) is 12.3 Å². The number of morpholine rings is 1. The molecule has 0 amide bonds. The summed E-state index contributed by atoms with van der Waals surface area (Å²) >= 11 is 1.54. The van der Waals surface area contributed by atoms with E-state index < -0.39 is 11.9 Å². The van der Waals surface area contributed by atoms with Crippen molar-refractivity contribution < 1.29 is 17.9 Å². The number of alkyl halides is 3. The molecule has 0 radical (unpaired) electrons. The summed E-state index contributed by atoms with van der Waals surface area (Å²) in [7, 11) is 0. The van der Waals surface area contributed by atoms with Gasteiger partial charge in [-0.05, 0) is 55.2 Å². The SMILES string of the molecule is Cc1cc(C(F)(F)F)ncc1SN1CC2(CCC(N3CCOCC3)C2)C1. The van der Waals surface area contributed by atoms with Crippen LogP contribution in [0.25, 0.3) is 0 Å². The van der Waals surface area contributed by atoms with E-state index in [1.165, 1.54) is 25.5 Å². The van der Waals surface area contributed by atoms with E-state index in [9.17, 15) is 13.2 Å². The molecule has 1 aromatic heterocycles. The highest BCUT2D eigenvalue weighted by Crippen LogP contribution is 2.50. The molecule has 4 rings (SSSR count). The summed E-state index contributed by atoms with van der Waals surface area (Å²) < 4.78 is 45.9. The second-order valence-electron chi connectivity index (χ2n) is 7.77. The predicted molar refractivity (Wildman–Crippen MR) is 93.9 cm³/mol. The van der Waals surface area contributed by atoms with E-state index in [1.807, 2.05) is 0 Å². The Hall–Kier alpha value is -0.830. The number of aromatic nitrogens is 1. The van der Waals surface area contributed by atoms with Gasteiger partial charge in [-0.25, -0.2) is 4.31 Å². The minimum atomic E-state index is -4.38. The van der Waals surface area contributed by atoms with Gasteiger partial charge in [0, 0.05) is 43.3 Å². The summed E-state index contributed by atoms with van der Waals surface area (Å²) in [5, 5.41) is 0. The lowest BCUT2D eigenvalue weighted by Gasteiger charge is -2.48. The number of rotatable bonds is 3. The number of halogens is 3. The average Bonchev–Trinajstić information content (AvgIpc) is 3.01. The van der Waals surface area contributed by atoms with Gasteiger partial charge in [0.15, 0.2) is 0 Å². The summed E-state index contributed by atoms with van der Waals surface area (Å²) in [4.78, 5) is 6.98. The maximum atomic E-state index is 12.7. The number of ether oxygens (including phenoxy) is 1. The Kier molecular flexibility index (Phi) is 4.96. The molecule has 144 valence electrons. The molecular weight excluding hydrogens is 363 g/mol. The maximum absolute atomic E-state index is 12.7. The second kappa shape index (κ2) is 6.96. The van der Waals surface area contributed by atoms with Crippen LogP contribution in [0.4, 0.5) is 13.2 Å². The monoisotopic (exact) mass is 387 g/mol. The van der Waals surface area contributed by atoms with Gasteiger partial charge in [0.2, 0.25) is 0 Å². The summed E-state index contributed by atoms with van der Waals surface area (Å²) in [6, 6.07) is 1.81. The highest BCUT2D eigenvalue weighted by Gasteiger charge is 2.49. The van der Waals surface area contributed by atoms with Crippen LogP contribution in [0.3, 0.4) is 0 Å². The molecule has 3 aliphatic rings. The van der Waals surface area contributed by atoms with Crippen molar-refractivity contribution in [1.29, 1.82) is 0 Å². The molecule has 2 aliphatic heterocycles. The lowest BCUT2D eigenvalue weighted by Crippen LogP contribution is -2.52. The lowest BCUT2D eigenvalue weighted by atomic mass is 9.80. The number of aryl methyl sites for hydroxylation is 1. The minimum Gasteiger partial charge on any atom is -0.379 e. The van der Waals surface area contributed by atoms with Crippen molar-refractivity contribution in [3.05, 3.63) is 23.5 Å². The van der Waals surface area contributed by atoms with Crippen LogP contribution in [0.5, 0.6) is 0 Å². The van der Waals surface area contributed by atoms with Crippen molar-refractivity contribution >= 4 is 11.9 Å². The first-order chi connectivity index (χ1) is 12.3. The molecule has 1 aliphatic carbocycles. The van der Waals surface area contributed by atoms with E-state index in [0.29, 0.717) is 17.0 Å². The maximum Gasteiger partial charge on any atom is 0.433 e. The van der Waals surface area contributed by atoms with Crippen LogP contribution < -0.4 is 0 Å². The molecule has 1 atom stereocenters. The van der Waals surface area contributed by atoms with E-state index in [0.717, 1.165) is 50.4 Å². The third-order valence-electron chi connectivity index (χ3n) is 5.84. The van der Waals surface area contributed by atoms with Gasteiger partial charge < -0.3 is 4.74 Å². The first-order valence-electron chi connectivity index (χ1n) is 9.13. The molecule has 8 heteroatoms. The van der Waals surface area contributed by atoms with E-state index >= 15 is 0 Å². The largest absolute Gasteiger partial charge is 0.433 e. The van der Waals surface area contributed by atoms with E-state index in [1.54, 1.807) is 18.9 Å². The molecule has 2 saturated heterocycles. The van der Waals surface area contributed by atoms with Crippen molar-refractivity contribution in [3.8, 4) is 0 Å². The third-order valence-corrected chi connectivity index (χ3v) is 6.98. The highest BCUT2D eigenvalue weighted by atomic mass is 32.2. The van der Waals surface area contributed by atoms with Gasteiger partial charge in [-0.2, -0.15) is 13.2 Å². The normalized spacial score (nSPS) is 27.0. The van der Waals surface area contributed by atoms with Crippen LogP contribution in [-0.2, 0) is 10.9 Å². The standard InChI is InChI=1S/C18H24F3N3OS/c1-13-8-16(18(19,20)21)22-10-15(13)26-24-11-17(12-24)3-2-14(9-17)23-4-6-25-7-5-23/h8,10,14H,2-7,9,11-12H2,1H3. The quantitative estimate of drug-likeness (QED) is 0.739. The van der Waals surface area contributed by atoms with Crippen LogP contribution >= 0.6 is 11.9 Å². The van der Waals surface area contributed by atoms with E-state index in [4.69, 9.17) is 4.74 Å². The molecule has 0 bridgehead atoms. The summed E-state index contributed by atoms with van der Waals surface area (Å²) in [6.45, 7) is 7.50. The topological polar surface area (TPSA) is 28.6 Å². The smallest absolute Gasteiger partial charge is 0.379 e. The zero-order valence-electron chi connectivity index (χ0n) is 14.9. The Morgan fingerprint density at radius 1 is 1.27 bits per heavy atom. The molecule has 26 heavy (non-hydrogen) atoms. The first kappa shape index (κ1) is 18.5. The van der Waals surface area contributed by atoms with Crippen molar-refractivity contribution in [1.82, 2.24) is 14.2 Å². The summed E-state index contributed by atoms with van der Waals surface area (Å²) in [6.07, 6.45) is 0.704. The molecular formula is C18H24F3N3OS. The fourth-order valence-electron chi connectivity index (χ4n) is 4.42. The summed E-state index contributed by atoms with van der Waals surface area (Å²) in [5.41, 5.74) is 0.211. The summed E-state index contributed by atoms with van der Waals surface area (Å²) in [5.74, 6) is 0. The predicted octanol–water partition coefficient (Wildman–Crippen LogP) is 3.60. The molecule has 3 fully saturated rings. The molecule has 0 N–H and O–H groups in total. The molecule has 3 heterocycles. The molecule has 4 nitrogen and oxygen atoms in total. The van der Waals surface area contributed by atoms with Crippen molar-refractivity contribution in [2.75, 3.05) is 39.4 Å². The molecule has 1 saturated carbocycles. The van der Waals surface area contributed by atoms with Gasteiger partial charge in [0.05, 0.1) is 13.2 Å². The van der Waals surface area contributed by atoms with Gasteiger partial charge in [-0.1, -0.05) is 0 Å². The Morgan fingerprint density at radius 3 is 2.65 bits per heavy atom. The van der Waals surface area contributed by atoms with Gasteiger partial charge in [0.1, 0.15) is 5.69 Å². The molecule has 1 aromatic rings. The fraction of sp³-hybridized carbons (Fsp3) is 0.722.